The van der Waals surface area contributed by atoms with Gasteiger partial charge in [-0.25, -0.2) is 0 Å². The predicted octanol–water partition coefficient (Wildman–Crippen LogP) is 4.18. The van der Waals surface area contributed by atoms with Crippen molar-refractivity contribution in [2.45, 2.75) is 37.6 Å². The summed E-state index contributed by atoms with van der Waals surface area (Å²) < 4.78 is 1.03. The van der Waals surface area contributed by atoms with Crippen molar-refractivity contribution in [2.75, 3.05) is 27.0 Å². The molecule has 0 amide bonds. The molecule has 116 valence electrons. The van der Waals surface area contributed by atoms with Gasteiger partial charge in [0.05, 0.1) is 5.88 Å². The zero-order chi connectivity index (χ0) is 15.2. The van der Waals surface area contributed by atoms with E-state index >= 15 is 0 Å². The van der Waals surface area contributed by atoms with E-state index in [0.29, 0.717) is 6.04 Å². The molecule has 0 spiro atoms. The molecule has 2 rings (SSSR count). The third kappa shape index (κ3) is 4.97. The van der Waals surface area contributed by atoms with E-state index in [1.165, 1.54) is 31.2 Å². The number of hydrogen-bond donors (Lipinski definition) is 0. The maximum absolute atomic E-state index is 5.56. The molecule has 0 unspecified atom stereocenters. The Balaban J connectivity index is 1.82. The van der Waals surface area contributed by atoms with Gasteiger partial charge in [-0.2, -0.15) is 0 Å². The normalized spacial score (nSPS) is 22.3. The third-order valence-corrected chi connectivity index (χ3v) is 6.07. The van der Waals surface area contributed by atoms with Gasteiger partial charge < -0.3 is 4.90 Å². The van der Waals surface area contributed by atoms with E-state index in [4.69, 9.17) is 12.2 Å². The van der Waals surface area contributed by atoms with Crippen LogP contribution in [0.5, 0.6) is 0 Å². The average molecular weight is 323 g/mol. The lowest BCUT2D eigenvalue weighted by molar-refractivity contribution is 0.266. The van der Waals surface area contributed by atoms with Crippen LogP contribution in [0.15, 0.2) is 30.3 Å². The lowest BCUT2D eigenvalue weighted by Crippen LogP contribution is -2.37. The standard InChI is InChI=1S/C17H26N2S2/c1-18(2)13-21-17(20)19(3)16-11-9-15(10-12-16)14-7-5-4-6-8-14/h4-8,15-16H,9-13H2,1-3H3. The SMILES string of the molecule is CN(C)CSC(=S)N(C)C1CCC(c2ccccc2)CC1. The number of thioether (sulfide) groups is 1. The summed E-state index contributed by atoms with van der Waals surface area (Å²) in [5.74, 6) is 1.70. The van der Waals surface area contributed by atoms with E-state index < -0.39 is 0 Å². The minimum atomic E-state index is 0.618. The number of rotatable bonds is 4. The van der Waals surface area contributed by atoms with E-state index in [1.54, 1.807) is 11.8 Å². The van der Waals surface area contributed by atoms with E-state index in [2.05, 4.69) is 61.3 Å². The van der Waals surface area contributed by atoms with Crippen LogP contribution in [0.25, 0.3) is 0 Å². The minimum absolute atomic E-state index is 0.618. The van der Waals surface area contributed by atoms with Crippen LogP contribution in [0.4, 0.5) is 0 Å². The van der Waals surface area contributed by atoms with Crippen molar-refractivity contribution in [2.24, 2.45) is 0 Å². The summed E-state index contributed by atoms with van der Waals surface area (Å²) in [6.45, 7) is 0. The van der Waals surface area contributed by atoms with Crippen LogP contribution in [0.3, 0.4) is 0 Å². The molecule has 0 atom stereocenters. The molecule has 0 saturated heterocycles. The van der Waals surface area contributed by atoms with Gasteiger partial charge >= 0.3 is 0 Å². The van der Waals surface area contributed by atoms with E-state index in [9.17, 15) is 0 Å². The molecular formula is C17H26N2S2. The molecular weight excluding hydrogens is 296 g/mol. The Kier molecular flexibility index (Phi) is 6.52. The highest BCUT2D eigenvalue weighted by atomic mass is 32.2. The molecule has 1 fully saturated rings. The third-order valence-electron chi connectivity index (χ3n) is 4.25. The van der Waals surface area contributed by atoms with Gasteiger partial charge in [-0.3, -0.25) is 4.90 Å². The zero-order valence-corrected chi connectivity index (χ0v) is 14.9. The fraction of sp³-hybridized carbons (Fsp3) is 0.588. The number of hydrogen-bond acceptors (Lipinski definition) is 3. The van der Waals surface area contributed by atoms with Crippen molar-refractivity contribution >= 4 is 28.3 Å². The molecule has 0 aromatic heterocycles. The van der Waals surface area contributed by atoms with Crippen LogP contribution in [0.1, 0.15) is 37.2 Å². The van der Waals surface area contributed by atoms with Gasteiger partial charge in [0, 0.05) is 13.1 Å². The highest BCUT2D eigenvalue weighted by Gasteiger charge is 2.26. The number of nitrogens with zero attached hydrogens (tertiary/aromatic N) is 2. The molecule has 21 heavy (non-hydrogen) atoms. The van der Waals surface area contributed by atoms with Crippen molar-refractivity contribution in [3.8, 4) is 0 Å². The summed E-state index contributed by atoms with van der Waals surface area (Å²) in [5.41, 5.74) is 1.50. The van der Waals surface area contributed by atoms with Gasteiger partial charge in [0.2, 0.25) is 0 Å². The first kappa shape index (κ1) is 16.8. The van der Waals surface area contributed by atoms with Gasteiger partial charge in [-0.1, -0.05) is 54.3 Å². The van der Waals surface area contributed by atoms with E-state index in [0.717, 1.165) is 16.1 Å². The summed E-state index contributed by atoms with van der Waals surface area (Å²) in [4.78, 5) is 4.49. The predicted molar refractivity (Wildman–Crippen MR) is 97.9 cm³/mol. The highest BCUT2D eigenvalue weighted by molar-refractivity contribution is 8.22. The highest BCUT2D eigenvalue weighted by Crippen LogP contribution is 2.35. The monoisotopic (exact) mass is 322 g/mol. The molecule has 1 saturated carbocycles. The molecule has 1 aliphatic rings. The maximum Gasteiger partial charge on any atom is 0.137 e. The van der Waals surface area contributed by atoms with Crippen molar-refractivity contribution in [3.63, 3.8) is 0 Å². The Morgan fingerprint density at radius 1 is 1.10 bits per heavy atom. The Bertz CT molecular complexity index is 439. The molecule has 1 aliphatic carbocycles. The summed E-state index contributed by atoms with van der Waals surface area (Å²) in [6, 6.07) is 11.6. The second-order valence-electron chi connectivity index (χ2n) is 6.15. The van der Waals surface area contributed by atoms with Crippen LogP contribution >= 0.6 is 24.0 Å². The molecule has 0 bridgehead atoms. The van der Waals surface area contributed by atoms with Gasteiger partial charge in [-0.05, 0) is 51.3 Å². The van der Waals surface area contributed by atoms with Crippen LogP contribution in [-0.4, -0.2) is 47.2 Å². The van der Waals surface area contributed by atoms with Crippen molar-refractivity contribution < 1.29 is 0 Å². The van der Waals surface area contributed by atoms with Gasteiger partial charge in [0.15, 0.2) is 0 Å². The summed E-state index contributed by atoms with van der Waals surface area (Å²) in [7, 11) is 6.33. The minimum Gasteiger partial charge on any atom is -0.358 e. The van der Waals surface area contributed by atoms with Gasteiger partial charge in [-0.15, -0.1) is 0 Å². The lowest BCUT2D eigenvalue weighted by Gasteiger charge is -2.36. The first-order valence-corrected chi connectivity index (χ1v) is 9.06. The number of benzene rings is 1. The van der Waals surface area contributed by atoms with E-state index in [-0.39, 0.29) is 0 Å². The fourth-order valence-electron chi connectivity index (χ4n) is 2.96. The molecule has 1 aromatic carbocycles. The maximum atomic E-state index is 5.56. The van der Waals surface area contributed by atoms with Crippen LogP contribution in [-0.2, 0) is 0 Å². The Labute approximate surface area is 138 Å². The molecule has 0 heterocycles. The van der Waals surface area contributed by atoms with Gasteiger partial charge in [0.25, 0.3) is 0 Å². The Hall–Kier alpha value is -0.580. The fourth-order valence-corrected chi connectivity index (χ4v) is 3.99. The first-order chi connectivity index (χ1) is 10.1. The first-order valence-electron chi connectivity index (χ1n) is 7.67. The largest absolute Gasteiger partial charge is 0.358 e. The zero-order valence-electron chi connectivity index (χ0n) is 13.3. The number of thiocarbonyl (C=S) groups is 1. The molecule has 0 aliphatic heterocycles. The quantitative estimate of drug-likeness (QED) is 0.606. The second kappa shape index (κ2) is 8.16. The summed E-state index contributed by atoms with van der Waals surface area (Å²) >= 11 is 7.33. The Morgan fingerprint density at radius 3 is 2.29 bits per heavy atom. The van der Waals surface area contributed by atoms with Crippen LogP contribution in [0.2, 0.25) is 0 Å². The van der Waals surface area contributed by atoms with Crippen molar-refractivity contribution in [1.82, 2.24) is 9.80 Å². The lowest BCUT2D eigenvalue weighted by atomic mass is 9.81. The summed E-state index contributed by atoms with van der Waals surface area (Å²) in [6.07, 6.45) is 5.05. The van der Waals surface area contributed by atoms with E-state index in [1.807, 2.05) is 0 Å². The summed E-state index contributed by atoms with van der Waals surface area (Å²) in [5, 5.41) is 0. The molecule has 0 N–H and O–H groups in total. The van der Waals surface area contributed by atoms with Crippen LogP contribution in [0, 0.1) is 0 Å². The Morgan fingerprint density at radius 2 is 1.71 bits per heavy atom. The van der Waals surface area contributed by atoms with Crippen LogP contribution < -0.4 is 0 Å². The van der Waals surface area contributed by atoms with Crippen molar-refractivity contribution in [3.05, 3.63) is 35.9 Å². The molecule has 0 radical (unpaired) electrons. The van der Waals surface area contributed by atoms with Gasteiger partial charge in [0.1, 0.15) is 4.32 Å². The van der Waals surface area contributed by atoms with Crippen molar-refractivity contribution in [1.29, 1.82) is 0 Å². The molecule has 2 nitrogen and oxygen atoms in total. The average Bonchev–Trinajstić information content (AvgIpc) is 2.53. The molecule has 1 aromatic rings. The second-order valence-corrected chi connectivity index (χ2v) is 7.72. The smallest absolute Gasteiger partial charge is 0.137 e. The molecule has 4 heteroatoms. The topological polar surface area (TPSA) is 6.48 Å².